The standard InChI is InChI=1S/C25H21ClF3N3O3S/c1-16-6-12-20(13-7-16)36(33,34)32(22-5-3-4-21(26)17(22)2)15-24-31-30-23(35-24)14-18-8-10-19(11-9-18)25(27,28)29/h3-13H,14-15H2,1-2H3. The average molecular weight is 536 g/mol. The molecule has 11 heteroatoms. The summed E-state index contributed by atoms with van der Waals surface area (Å²) in [7, 11) is -4.04. The molecule has 0 saturated carbocycles. The third-order valence-electron chi connectivity index (χ3n) is 5.54. The fourth-order valence-electron chi connectivity index (χ4n) is 3.54. The molecule has 0 aliphatic heterocycles. The van der Waals surface area contributed by atoms with Crippen LogP contribution in [0.3, 0.4) is 0 Å². The molecule has 0 amide bonds. The number of nitrogens with zero attached hydrogens (tertiary/aromatic N) is 3. The van der Waals surface area contributed by atoms with Gasteiger partial charge in [-0.05, 0) is 61.4 Å². The van der Waals surface area contributed by atoms with E-state index in [1.807, 2.05) is 6.92 Å². The predicted molar refractivity (Wildman–Crippen MR) is 129 cm³/mol. The van der Waals surface area contributed by atoms with E-state index >= 15 is 0 Å². The Morgan fingerprint density at radius 3 is 2.19 bits per heavy atom. The van der Waals surface area contributed by atoms with E-state index in [0.29, 0.717) is 21.8 Å². The van der Waals surface area contributed by atoms with Gasteiger partial charge in [0.15, 0.2) is 0 Å². The minimum Gasteiger partial charge on any atom is -0.423 e. The zero-order chi connectivity index (χ0) is 26.1. The van der Waals surface area contributed by atoms with Crippen molar-refractivity contribution in [1.82, 2.24) is 10.2 Å². The average Bonchev–Trinajstić information content (AvgIpc) is 3.26. The van der Waals surface area contributed by atoms with Crippen molar-refractivity contribution in [3.8, 4) is 0 Å². The molecule has 4 rings (SSSR count). The third-order valence-corrected chi connectivity index (χ3v) is 7.72. The molecule has 3 aromatic carbocycles. The van der Waals surface area contributed by atoms with Crippen LogP contribution < -0.4 is 4.31 Å². The zero-order valence-corrected chi connectivity index (χ0v) is 20.8. The number of benzene rings is 3. The molecule has 0 radical (unpaired) electrons. The van der Waals surface area contributed by atoms with Gasteiger partial charge in [0.25, 0.3) is 10.0 Å². The fourth-order valence-corrected chi connectivity index (χ4v) is 5.18. The molecule has 4 aromatic rings. The lowest BCUT2D eigenvalue weighted by Gasteiger charge is -2.25. The highest BCUT2D eigenvalue weighted by Crippen LogP contribution is 2.33. The molecule has 1 aromatic heterocycles. The number of halogens is 4. The van der Waals surface area contributed by atoms with E-state index in [2.05, 4.69) is 10.2 Å². The fraction of sp³-hybridized carbons (Fsp3) is 0.200. The Bertz CT molecular complexity index is 1470. The molecule has 36 heavy (non-hydrogen) atoms. The van der Waals surface area contributed by atoms with Gasteiger partial charge in [-0.15, -0.1) is 10.2 Å². The molecule has 188 valence electrons. The smallest absolute Gasteiger partial charge is 0.416 e. The van der Waals surface area contributed by atoms with Crippen LogP contribution in [0.5, 0.6) is 0 Å². The first-order valence-corrected chi connectivity index (χ1v) is 12.6. The van der Waals surface area contributed by atoms with E-state index in [4.69, 9.17) is 16.0 Å². The van der Waals surface area contributed by atoms with E-state index in [9.17, 15) is 21.6 Å². The van der Waals surface area contributed by atoms with Gasteiger partial charge in [-0.2, -0.15) is 13.2 Å². The van der Waals surface area contributed by atoms with Crippen molar-refractivity contribution in [2.45, 2.75) is 37.9 Å². The molecule has 0 fully saturated rings. The molecule has 0 saturated heterocycles. The number of hydrogen-bond acceptors (Lipinski definition) is 5. The van der Waals surface area contributed by atoms with Crippen LogP contribution in [0.15, 0.2) is 76.0 Å². The Kier molecular flexibility index (Phi) is 7.10. The van der Waals surface area contributed by atoms with Gasteiger partial charge in [-0.3, -0.25) is 4.31 Å². The quantitative estimate of drug-likeness (QED) is 0.276. The maximum atomic E-state index is 13.6. The van der Waals surface area contributed by atoms with Gasteiger partial charge < -0.3 is 4.42 Å². The first-order valence-electron chi connectivity index (χ1n) is 10.8. The highest BCUT2D eigenvalue weighted by atomic mass is 35.5. The summed E-state index contributed by atoms with van der Waals surface area (Å²) < 4.78 is 72.5. The van der Waals surface area contributed by atoms with Crippen LogP contribution in [-0.4, -0.2) is 18.6 Å². The molecule has 0 aliphatic carbocycles. The van der Waals surface area contributed by atoms with E-state index in [1.54, 1.807) is 37.3 Å². The maximum Gasteiger partial charge on any atom is 0.416 e. The van der Waals surface area contributed by atoms with Crippen molar-refractivity contribution >= 4 is 27.3 Å². The van der Waals surface area contributed by atoms with Gasteiger partial charge in [0.1, 0.15) is 6.54 Å². The summed E-state index contributed by atoms with van der Waals surface area (Å²) in [6.07, 6.45) is -4.34. The summed E-state index contributed by atoms with van der Waals surface area (Å²) in [5.41, 5.74) is 1.59. The van der Waals surface area contributed by atoms with Crippen molar-refractivity contribution in [3.63, 3.8) is 0 Å². The lowest BCUT2D eigenvalue weighted by Crippen LogP contribution is -2.31. The lowest BCUT2D eigenvalue weighted by molar-refractivity contribution is -0.137. The van der Waals surface area contributed by atoms with E-state index in [1.165, 1.54) is 24.3 Å². The molecule has 0 spiro atoms. The Morgan fingerprint density at radius 2 is 1.56 bits per heavy atom. The molecule has 0 N–H and O–H groups in total. The molecule has 1 heterocycles. The minimum absolute atomic E-state index is 0.0203. The Hall–Kier alpha value is -3.37. The van der Waals surface area contributed by atoms with E-state index in [0.717, 1.165) is 22.0 Å². The van der Waals surface area contributed by atoms with Crippen molar-refractivity contribution < 1.29 is 26.0 Å². The lowest BCUT2D eigenvalue weighted by atomic mass is 10.1. The number of sulfonamides is 1. The SMILES string of the molecule is Cc1ccc(S(=O)(=O)N(Cc2nnc(Cc3ccc(C(F)(F)F)cc3)o2)c2cccc(Cl)c2C)cc1. The van der Waals surface area contributed by atoms with E-state index < -0.39 is 21.8 Å². The van der Waals surface area contributed by atoms with Crippen molar-refractivity contribution in [2.75, 3.05) is 4.31 Å². The second-order valence-corrected chi connectivity index (χ2v) is 10.4. The molecule has 6 nitrogen and oxygen atoms in total. The highest BCUT2D eigenvalue weighted by molar-refractivity contribution is 7.92. The first-order chi connectivity index (χ1) is 16.9. The molecule has 0 bridgehead atoms. The second-order valence-electron chi connectivity index (χ2n) is 8.17. The molecular weight excluding hydrogens is 515 g/mol. The van der Waals surface area contributed by atoms with Crippen molar-refractivity contribution in [1.29, 1.82) is 0 Å². The molecular formula is C25H21ClF3N3O3S. The number of aryl methyl sites for hydroxylation is 1. The van der Waals surface area contributed by atoms with Gasteiger partial charge >= 0.3 is 6.18 Å². The summed E-state index contributed by atoms with van der Waals surface area (Å²) in [4.78, 5) is 0.0805. The maximum absolute atomic E-state index is 13.6. The number of alkyl halides is 3. The first kappa shape index (κ1) is 25.7. The topological polar surface area (TPSA) is 76.3 Å². The molecule has 0 aliphatic rings. The van der Waals surface area contributed by atoms with Gasteiger partial charge in [0.05, 0.1) is 22.6 Å². The monoisotopic (exact) mass is 535 g/mol. The normalized spacial score (nSPS) is 12.1. The van der Waals surface area contributed by atoms with Crippen molar-refractivity contribution in [2.24, 2.45) is 0 Å². The van der Waals surface area contributed by atoms with E-state index in [-0.39, 0.29) is 29.6 Å². The van der Waals surface area contributed by atoms with Gasteiger partial charge in [-0.1, -0.05) is 47.5 Å². The summed E-state index contributed by atoms with van der Waals surface area (Å²) in [5.74, 6) is 0.159. The Balaban J connectivity index is 1.64. The largest absolute Gasteiger partial charge is 0.423 e. The van der Waals surface area contributed by atoms with Crippen LogP contribution in [0.4, 0.5) is 18.9 Å². The third kappa shape index (κ3) is 5.55. The summed E-state index contributed by atoms with van der Waals surface area (Å²) >= 11 is 6.27. The summed E-state index contributed by atoms with van der Waals surface area (Å²) in [6, 6.07) is 16.0. The Labute approximate surface area is 211 Å². The minimum atomic E-state index is -4.43. The number of anilines is 1. The van der Waals surface area contributed by atoms with Crippen LogP contribution >= 0.6 is 11.6 Å². The number of hydrogen-bond donors (Lipinski definition) is 0. The van der Waals surface area contributed by atoms with Crippen LogP contribution in [-0.2, 0) is 29.2 Å². The predicted octanol–water partition coefficient (Wildman–Crippen LogP) is 6.34. The van der Waals surface area contributed by atoms with Crippen LogP contribution in [0, 0.1) is 13.8 Å². The summed E-state index contributed by atoms with van der Waals surface area (Å²) in [5, 5.41) is 8.32. The summed E-state index contributed by atoms with van der Waals surface area (Å²) in [6.45, 7) is 3.29. The van der Waals surface area contributed by atoms with Crippen LogP contribution in [0.25, 0.3) is 0 Å². The number of aromatic nitrogens is 2. The Morgan fingerprint density at radius 1 is 0.917 bits per heavy atom. The van der Waals surface area contributed by atoms with Gasteiger partial charge in [0, 0.05) is 5.02 Å². The number of rotatable bonds is 7. The second kappa shape index (κ2) is 9.94. The zero-order valence-electron chi connectivity index (χ0n) is 19.3. The van der Waals surface area contributed by atoms with Crippen LogP contribution in [0.1, 0.15) is 34.0 Å². The van der Waals surface area contributed by atoms with Gasteiger partial charge in [0.2, 0.25) is 11.8 Å². The van der Waals surface area contributed by atoms with Crippen molar-refractivity contribution in [3.05, 3.63) is 106 Å². The van der Waals surface area contributed by atoms with Crippen LogP contribution in [0.2, 0.25) is 5.02 Å². The molecule has 0 unspecified atom stereocenters. The van der Waals surface area contributed by atoms with Gasteiger partial charge in [-0.25, -0.2) is 8.42 Å². The highest BCUT2D eigenvalue weighted by Gasteiger charge is 2.30. The molecule has 0 atom stereocenters.